The van der Waals surface area contributed by atoms with Crippen LogP contribution in [0.25, 0.3) is 0 Å². The first-order chi connectivity index (χ1) is 13.7. The Balaban J connectivity index is 1.20. The molecule has 0 saturated carbocycles. The number of carbonyl (C=O) groups is 1. The van der Waals surface area contributed by atoms with Gasteiger partial charge in [-0.05, 0) is 48.1 Å². The zero-order chi connectivity index (χ0) is 19.3. The summed E-state index contributed by atoms with van der Waals surface area (Å²) in [6.07, 6.45) is 3.52. The molecule has 1 fully saturated rings. The maximum absolute atomic E-state index is 12.5. The van der Waals surface area contributed by atoms with Crippen molar-refractivity contribution in [2.24, 2.45) is 0 Å². The molecule has 2 aromatic carbocycles. The highest BCUT2D eigenvalue weighted by Gasteiger charge is 2.35. The highest BCUT2D eigenvalue weighted by Crippen LogP contribution is 2.25. The molecule has 28 heavy (non-hydrogen) atoms. The summed E-state index contributed by atoms with van der Waals surface area (Å²) in [7, 11) is 0. The van der Waals surface area contributed by atoms with Gasteiger partial charge in [0.1, 0.15) is 5.75 Å². The van der Waals surface area contributed by atoms with Crippen LogP contribution < -0.4 is 4.74 Å². The SMILES string of the molecule is CCCOc1ccc(CCC(=O)N2CC(N3CCc4ccccc4C3)C2)cc1. The van der Waals surface area contributed by atoms with E-state index in [4.69, 9.17) is 4.74 Å². The number of benzene rings is 2. The molecular weight excluding hydrogens is 348 g/mol. The Morgan fingerprint density at radius 2 is 1.82 bits per heavy atom. The Hall–Kier alpha value is -2.33. The lowest BCUT2D eigenvalue weighted by atomic mass is 9.96. The van der Waals surface area contributed by atoms with Gasteiger partial charge in [0.15, 0.2) is 0 Å². The second-order valence-electron chi connectivity index (χ2n) is 7.93. The average molecular weight is 379 g/mol. The van der Waals surface area contributed by atoms with Gasteiger partial charge in [0.25, 0.3) is 0 Å². The molecule has 1 saturated heterocycles. The standard InChI is InChI=1S/C24H30N2O2/c1-2-15-28-23-10-7-19(8-11-23)9-12-24(27)26-17-22(18-26)25-14-13-20-5-3-4-6-21(20)16-25/h3-8,10-11,22H,2,9,12-18H2,1H3. The molecule has 0 aromatic heterocycles. The van der Waals surface area contributed by atoms with E-state index in [1.807, 2.05) is 17.0 Å². The van der Waals surface area contributed by atoms with Crippen LogP contribution in [0.15, 0.2) is 48.5 Å². The molecular formula is C24H30N2O2. The molecule has 1 amide bonds. The molecule has 0 bridgehead atoms. The van der Waals surface area contributed by atoms with Crippen molar-refractivity contribution < 1.29 is 9.53 Å². The van der Waals surface area contributed by atoms with Crippen LogP contribution in [0.5, 0.6) is 5.75 Å². The first-order valence-electron chi connectivity index (χ1n) is 10.5. The highest BCUT2D eigenvalue weighted by molar-refractivity contribution is 5.77. The van der Waals surface area contributed by atoms with Crippen molar-refractivity contribution in [3.63, 3.8) is 0 Å². The van der Waals surface area contributed by atoms with Gasteiger partial charge in [0.05, 0.1) is 6.61 Å². The lowest BCUT2D eigenvalue weighted by Crippen LogP contribution is -2.61. The molecule has 4 nitrogen and oxygen atoms in total. The van der Waals surface area contributed by atoms with Gasteiger partial charge in [0.2, 0.25) is 5.91 Å². The van der Waals surface area contributed by atoms with Crippen LogP contribution in [0.3, 0.4) is 0 Å². The number of ether oxygens (including phenoxy) is 1. The van der Waals surface area contributed by atoms with Gasteiger partial charge >= 0.3 is 0 Å². The quantitative estimate of drug-likeness (QED) is 0.737. The van der Waals surface area contributed by atoms with E-state index in [1.54, 1.807) is 0 Å². The third-order valence-electron chi connectivity index (χ3n) is 5.92. The monoisotopic (exact) mass is 378 g/mol. The topological polar surface area (TPSA) is 32.8 Å². The molecule has 0 unspecified atom stereocenters. The molecule has 0 aliphatic carbocycles. The Morgan fingerprint density at radius 3 is 2.57 bits per heavy atom. The Bertz CT molecular complexity index is 797. The third-order valence-corrected chi connectivity index (χ3v) is 5.92. The molecule has 0 spiro atoms. The van der Waals surface area contributed by atoms with E-state index >= 15 is 0 Å². The summed E-state index contributed by atoms with van der Waals surface area (Å²) >= 11 is 0. The van der Waals surface area contributed by atoms with Crippen LogP contribution in [0, 0.1) is 0 Å². The van der Waals surface area contributed by atoms with Gasteiger partial charge < -0.3 is 9.64 Å². The number of fused-ring (bicyclic) bond motifs is 1. The molecule has 4 heteroatoms. The second kappa shape index (κ2) is 8.78. The molecule has 2 heterocycles. The summed E-state index contributed by atoms with van der Waals surface area (Å²) < 4.78 is 5.61. The minimum atomic E-state index is 0.278. The maximum atomic E-state index is 12.5. The van der Waals surface area contributed by atoms with Gasteiger partial charge in [-0.15, -0.1) is 0 Å². The van der Waals surface area contributed by atoms with E-state index in [0.29, 0.717) is 12.5 Å². The van der Waals surface area contributed by atoms with Gasteiger partial charge in [-0.1, -0.05) is 43.3 Å². The number of amides is 1. The Morgan fingerprint density at radius 1 is 1.07 bits per heavy atom. The van der Waals surface area contributed by atoms with E-state index in [-0.39, 0.29) is 5.91 Å². The van der Waals surface area contributed by atoms with Crippen LogP contribution in [-0.4, -0.2) is 48.0 Å². The predicted octanol–water partition coefficient (Wildman–Crippen LogP) is 3.68. The van der Waals surface area contributed by atoms with Crippen molar-refractivity contribution in [1.82, 2.24) is 9.80 Å². The van der Waals surface area contributed by atoms with E-state index in [9.17, 15) is 4.79 Å². The van der Waals surface area contributed by atoms with E-state index < -0.39 is 0 Å². The predicted molar refractivity (Wildman–Crippen MR) is 111 cm³/mol. The van der Waals surface area contributed by atoms with Crippen LogP contribution in [0.4, 0.5) is 0 Å². The molecule has 2 aliphatic rings. The van der Waals surface area contributed by atoms with Gasteiger partial charge in [-0.3, -0.25) is 9.69 Å². The highest BCUT2D eigenvalue weighted by atomic mass is 16.5. The number of nitrogens with zero attached hydrogens (tertiary/aromatic N) is 2. The van der Waals surface area contributed by atoms with Crippen LogP contribution in [-0.2, 0) is 24.2 Å². The number of rotatable bonds is 7. The van der Waals surface area contributed by atoms with E-state index in [2.05, 4.69) is 48.2 Å². The summed E-state index contributed by atoms with van der Waals surface area (Å²) in [6, 6.07) is 17.4. The number of carbonyl (C=O) groups excluding carboxylic acids is 1. The Labute approximate surface area is 168 Å². The summed E-state index contributed by atoms with van der Waals surface area (Å²) in [4.78, 5) is 17.1. The van der Waals surface area contributed by atoms with E-state index in [0.717, 1.165) is 57.8 Å². The Kier molecular flexibility index (Phi) is 5.96. The van der Waals surface area contributed by atoms with Crippen molar-refractivity contribution in [2.45, 2.75) is 45.2 Å². The largest absolute Gasteiger partial charge is 0.494 e. The lowest BCUT2D eigenvalue weighted by Gasteiger charge is -2.47. The fraction of sp³-hybridized carbons (Fsp3) is 0.458. The molecule has 0 atom stereocenters. The first kappa shape index (κ1) is 19.0. The fourth-order valence-corrected chi connectivity index (χ4v) is 4.10. The summed E-state index contributed by atoms with van der Waals surface area (Å²) in [6.45, 7) is 6.74. The van der Waals surface area contributed by atoms with E-state index in [1.165, 1.54) is 16.7 Å². The van der Waals surface area contributed by atoms with Gasteiger partial charge in [0, 0.05) is 38.6 Å². The summed E-state index contributed by atoms with van der Waals surface area (Å²) in [5.74, 6) is 1.19. The molecule has 4 rings (SSSR count). The van der Waals surface area contributed by atoms with Crippen molar-refractivity contribution in [2.75, 3.05) is 26.2 Å². The van der Waals surface area contributed by atoms with Crippen LogP contribution in [0.1, 0.15) is 36.5 Å². The lowest BCUT2D eigenvalue weighted by molar-refractivity contribution is -0.138. The average Bonchev–Trinajstić information content (AvgIpc) is 2.70. The molecule has 148 valence electrons. The van der Waals surface area contributed by atoms with Gasteiger partial charge in [-0.2, -0.15) is 0 Å². The minimum Gasteiger partial charge on any atom is -0.494 e. The van der Waals surface area contributed by atoms with Crippen molar-refractivity contribution in [3.05, 3.63) is 65.2 Å². The van der Waals surface area contributed by atoms with Crippen molar-refractivity contribution in [3.8, 4) is 5.75 Å². The van der Waals surface area contributed by atoms with Crippen molar-refractivity contribution in [1.29, 1.82) is 0 Å². The molecule has 0 N–H and O–H groups in total. The van der Waals surface area contributed by atoms with Crippen LogP contribution in [0.2, 0.25) is 0 Å². The fourth-order valence-electron chi connectivity index (χ4n) is 4.10. The maximum Gasteiger partial charge on any atom is 0.223 e. The normalized spacial score (nSPS) is 17.1. The number of aryl methyl sites for hydroxylation is 1. The summed E-state index contributed by atoms with van der Waals surface area (Å²) in [5.41, 5.74) is 4.13. The smallest absolute Gasteiger partial charge is 0.223 e. The van der Waals surface area contributed by atoms with Gasteiger partial charge in [-0.25, -0.2) is 0 Å². The first-order valence-corrected chi connectivity index (χ1v) is 10.5. The molecule has 0 radical (unpaired) electrons. The van der Waals surface area contributed by atoms with Crippen LogP contribution >= 0.6 is 0 Å². The molecule has 2 aliphatic heterocycles. The third kappa shape index (κ3) is 4.39. The zero-order valence-corrected chi connectivity index (χ0v) is 16.8. The number of hydrogen-bond acceptors (Lipinski definition) is 3. The zero-order valence-electron chi connectivity index (χ0n) is 16.8. The minimum absolute atomic E-state index is 0.278. The van der Waals surface area contributed by atoms with Crippen molar-refractivity contribution >= 4 is 5.91 Å². The summed E-state index contributed by atoms with van der Waals surface area (Å²) in [5, 5.41) is 0. The second-order valence-corrected chi connectivity index (χ2v) is 7.93. The number of hydrogen-bond donors (Lipinski definition) is 0. The molecule has 2 aromatic rings. The number of likely N-dealkylation sites (tertiary alicyclic amines) is 1.